The SMILES string of the molecule is O=C(c1cc(=O)c2cc(Cl)ccc2o1)N1CC[NH+](Cc2ccccc2)CC1. The van der Waals surface area contributed by atoms with Crippen molar-refractivity contribution in [2.45, 2.75) is 6.54 Å². The van der Waals surface area contributed by atoms with E-state index >= 15 is 0 Å². The molecule has 1 aromatic heterocycles. The van der Waals surface area contributed by atoms with Crippen molar-refractivity contribution < 1.29 is 14.1 Å². The summed E-state index contributed by atoms with van der Waals surface area (Å²) < 4.78 is 5.68. The second-order valence-electron chi connectivity index (χ2n) is 6.82. The Morgan fingerprint density at radius 2 is 1.81 bits per heavy atom. The summed E-state index contributed by atoms with van der Waals surface area (Å²) >= 11 is 5.93. The van der Waals surface area contributed by atoms with E-state index in [0.717, 1.165) is 19.6 Å². The van der Waals surface area contributed by atoms with Gasteiger partial charge in [0.15, 0.2) is 11.2 Å². The largest absolute Gasteiger partial charge is 0.451 e. The average molecular weight is 384 g/mol. The minimum Gasteiger partial charge on any atom is -0.451 e. The molecule has 0 unspecified atom stereocenters. The number of quaternary nitrogens is 1. The summed E-state index contributed by atoms with van der Waals surface area (Å²) in [4.78, 5) is 28.3. The molecule has 2 heterocycles. The Hall–Kier alpha value is -2.63. The second-order valence-corrected chi connectivity index (χ2v) is 7.26. The highest BCUT2D eigenvalue weighted by Gasteiger charge is 2.26. The van der Waals surface area contributed by atoms with Gasteiger partial charge in [0.05, 0.1) is 31.6 Å². The number of piperazine rings is 1. The van der Waals surface area contributed by atoms with Crippen molar-refractivity contribution >= 4 is 28.5 Å². The van der Waals surface area contributed by atoms with Crippen LogP contribution in [-0.4, -0.2) is 37.0 Å². The van der Waals surface area contributed by atoms with Crippen molar-refractivity contribution in [3.63, 3.8) is 0 Å². The molecular weight excluding hydrogens is 364 g/mol. The maximum absolute atomic E-state index is 12.8. The Morgan fingerprint density at radius 1 is 1.07 bits per heavy atom. The number of carbonyl (C=O) groups is 1. The van der Waals surface area contributed by atoms with E-state index in [-0.39, 0.29) is 17.1 Å². The van der Waals surface area contributed by atoms with Gasteiger partial charge in [0.25, 0.3) is 5.91 Å². The minimum atomic E-state index is -0.254. The van der Waals surface area contributed by atoms with Gasteiger partial charge in [-0.25, -0.2) is 0 Å². The maximum atomic E-state index is 12.8. The van der Waals surface area contributed by atoms with E-state index in [1.807, 2.05) is 18.2 Å². The molecule has 0 radical (unpaired) electrons. The Balaban J connectivity index is 1.46. The normalized spacial score (nSPS) is 15.2. The molecule has 0 saturated carbocycles. The second kappa shape index (κ2) is 7.55. The number of carbonyl (C=O) groups excluding carboxylic acids is 1. The van der Waals surface area contributed by atoms with Gasteiger partial charge >= 0.3 is 0 Å². The first-order valence-electron chi connectivity index (χ1n) is 9.00. The summed E-state index contributed by atoms with van der Waals surface area (Å²) in [6, 6.07) is 16.5. The van der Waals surface area contributed by atoms with E-state index in [1.165, 1.54) is 16.5 Å². The van der Waals surface area contributed by atoms with E-state index in [2.05, 4.69) is 12.1 Å². The van der Waals surface area contributed by atoms with Crippen molar-refractivity contribution in [1.82, 2.24) is 4.90 Å². The van der Waals surface area contributed by atoms with Crippen LogP contribution in [0.15, 0.2) is 63.8 Å². The molecule has 0 atom stereocenters. The predicted molar refractivity (Wildman–Crippen MR) is 104 cm³/mol. The van der Waals surface area contributed by atoms with E-state index in [4.69, 9.17) is 16.0 Å². The highest BCUT2D eigenvalue weighted by atomic mass is 35.5. The van der Waals surface area contributed by atoms with Crippen LogP contribution in [0.25, 0.3) is 11.0 Å². The number of rotatable bonds is 3. The number of nitrogens with zero attached hydrogens (tertiary/aromatic N) is 1. The molecule has 5 nitrogen and oxygen atoms in total. The molecule has 1 aliphatic heterocycles. The molecule has 27 heavy (non-hydrogen) atoms. The number of benzene rings is 2. The quantitative estimate of drug-likeness (QED) is 0.752. The first kappa shape index (κ1) is 17.8. The highest BCUT2D eigenvalue weighted by molar-refractivity contribution is 6.31. The van der Waals surface area contributed by atoms with Gasteiger partial charge in [-0.05, 0) is 18.2 Å². The Kier molecular flexibility index (Phi) is 4.97. The lowest BCUT2D eigenvalue weighted by molar-refractivity contribution is -0.917. The van der Waals surface area contributed by atoms with E-state index in [9.17, 15) is 9.59 Å². The van der Waals surface area contributed by atoms with Crippen molar-refractivity contribution in [3.8, 4) is 0 Å². The summed E-state index contributed by atoms with van der Waals surface area (Å²) in [7, 11) is 0. The van der Waals surface area contributed by atoms with Crippen LogP contribution in [0.4, 0.5) is 0 Å². The summed E-state index contributed by atoms with van der Waals surface area (Å²) in [5.74, 6) is -0.149. The third-order valence-electron chi connectivity index (χ3n) is 4.95. The molecule has 1 N–H and O–H groups in total. The fourth-order valence-electron chi connectivity index (χ4n) is 3.48. The molecule has 6 heteroatoms. The lowest BCUT2D eigenvalue weighted by atomic mass is 10.2. The number of hydrogen-bond donors (Lipinski definition) is 1. The van der Waals surface area contributed by atoms with Gasteiger partial charge in [0.2, 0.25) is 0 Å². The number of halogens is 1. The van der Waals surface area contributed by atoms with E-state index in [1.54, 1.807) is 23.1 Å². The van der Waals surface area contributed by atoms with Crippen LogP contribution in [0.2, 0.25) is 5.02 Å². The molecule has 0 aliphatic carbocycles. The zero-order valence-electron chi connectivity index (χ0n) is 14.8. The van der Waals surface area contributed by atoms with Crippen LogP contribution in [0, 0.1) is 0 Å². The topological polar surface area (TPSA) is 55.0 Å². The third kappa shape index (κ3) is 3.89. The Labute approximate surface area is 161 Å². The van der Waals surface area contributed by atoms with Crippen LogP contribution in [0.1, 0.15) is 16.1 Å². The molecule has 1 fully saturated rings. The monoisotopic (exact) mass is 383 g/mol. The smallest absolute Gasteiger partial charge is 0.290 e. The number of nitrogens with one attached hydrogen (secondary N) is 1. The molecule has 0 bridgehead atoms. The predicted octanol–water partition coefficient (Wildman–Crippen LogP) is 1.99. The van der Waals surface area contributed by atoms with Crippen LogP contribution in [0.5, 0.6) is 0 Å². The first-order valence-corrected chi connectivity index (χ1v) is 9.38. The van der Waals surface area contributed by atoms with Crippen LogP contribution >= 0.6 is 11.6 Å². The number of hydrogen-bond acceptors (Lipinski definition) is 3. The fraction of sp³-hybridized carbons (Fsp3) is 0.238. The summed E-state index contributed by atoms with van der Waals surface area (Å²) in [5.41, 5.74) is 1.42. The van der Waals surface area contributed by atoms with Crippen molar-refractivity contribution in [3.05, 3.63) is 81.2 Å². The first-order chi connectivity index (χ1) is 13.1. The molecule has 0 spiro atoms. The molecule has 2 aromatic carbocycles. The van der Waals surface area contributed by atoms with Gasteiger partial charge in [-0.3, -0.25) is 9.59 Å². The van der Waals surface area contributed by atoms with Crippen LogP contribution in [0.3, 0.4) is 0 Å². The average Bonchev–Trinajstić information content (AvgIpc) is 2.69. The van der Waals surface area contributed by atoms with Gasteiger partial charge in [-0.15, -0.1) is 0 Å². The Bertz CT molecular complexity index is 1020. The van der Waals surface area contributed by atoms with Crippen molar-refractivity contribution in [2.24, 2.45) is 0 Å². The third-order valence-corrected chi connectivity index (χ3v) is 5.19. The van der Waals surface area contributed by atoms with Crippen LogP contribution in [-0.2, 0) is 6.54 Å². The zero-order valence-corrected chi connectivity index (χ0v) is 15.5. The van der Waals surface area contributed by atoms with E-state index in [0.29, 0.717) is 29.1 Å². The minimum absolute atomic E-state index is 0.0846. The Morgan fingerprint density at radius 3 is 2.56 bits per heavy atom. The lowest BCUT2D eigenvalue weighted by Gasteiger charge is -2.32. The fourth-order valence-corrected chi connectivity index (χ4v) is 3.65. The highest BCUT2D eigenvalue weighted by Crippen LogP contribution is 2.18. The van der Waals surface area contributed by atoms with Gasteiger partial charge < -0.3 is 14.2 Å². The lowest BCUT2D eigenvalue weighted by Crippen LogP contribution is -3.13. The number of fused-ring (bicyclic) bond motifs is 1. The molecule has 1 amide bonds. The molecule has 4 rings (SSSR count). The standard InChI is InChI=1S/C21H19ClN2O3/c22-16-6-7-19-17(12-16)18(25)13-20(27-19)21(26)24-10-8-23(9-11-24)14-15-4-2-1-3-5-15/h1-7,12-13H,8-11,14H2/p+1. The molecule has 1 saturated heterocycles. The van der Waals surface area contributed by atoms with Crippen LogP contribution < -0.4 is 10.3 Å². The molecular formula is C21H20ClN2O3+. The molecule has 138 valence electrons. The molecule has 3 aromatic rings. The van der Waals surface area contributed by atoms with Gasteiger partial charge in [0.1, 0.15) is 12.1 Å². The van der Waals surface area contributed by atoms with Crippen molar-refractivity contribution in [2.75, 3.05) is 26.2 Å². The summed E-state index contributed by atoms with van der Waals surface area (Å²) in [6.07, 6.45) is 0. The summed E-state index contributed by atoms with van der Waals surface area (Å²) in [6.45, 7) is 3.98. The maximum Gasteiger partial charge on any atom is 0.290 e. The van der Waals surface area contributed by atoms with Gasteiger partial charge in [-0.1, -0.05) is 41.9 Å². The number of amides is 1. The molecule has 1 aliphatic rings. The van der Waals surface area contributed by atoms with E-state index < -0.39 is 0 Å². The van der Waals surface area contributed by atoms with Crippen molar-refractivity contribution in [1.29, 1.82) is 0 Å². The van der Waals surface area contributed by atoms with Gasteiger partial charge in [-0.2, -0.15) is 0 Å². The summed E-state index contributed by atoms with van der Waals surface area (Å²) in [5, 5.41) is 0.850. The van der Waals surface area contributed by atoms with Gasteiger partial charge in [0, 0.05) is 16.7 Å². The zero-order chi connectivity index (χ0) is 18.8.